The molecule has 0 spiro atoms. The molecule has 1 unspecified atom stereocenters. The van der Waals surface area contributed by atoms with Crippen LogP contribution in [0.4, 0.5) is 0 Å². The summed E-state index contributed by atoms with van der Waals surface area (Å²) in [4.78, 5) is 11.1. The molecule has 0 aliphatic rings. The number of aliphatic hydroxyl groups excluding tert-OH is 1. The molecule has 0 fully saturated rings. The first-order chi connectivity index (χ1) is 9.35. The summed E-state index contributed by atoms with van der Waals surface area (Å²) in [5.74, 6) is -0.829. The number of rotatable bonds is 9. The Balaban J connectivity index is 2.52. The number of carbonyl (C=O) groups is 1. The average Bonchev–Trinajstić information content (AvgIpc) is 2.82. The molecule has 114 valence electrons. The van der Waals surface area contributed by atoms with Crippen LogP contribution in [0.2, 0.25) is 0 Å². The van der Waals surface area contributed by atoms with Crippen molar-refractivity contribution >= 4 is 27.3 Å². The highest BCUT2D eigenvalue weighted by Gasteiger charge is 2.17. The molecule has 1 atom stereocenters. The third-order valence-electron chi connectivity index (χ3n) is 2.70. The lowest BCUT2D eigenvalue weighted by atomic mass is 10.1. The number of hydrogen-bond donors (Lipinski definition) is 3. The summed E-state index contributed by atoms with van der Waals surface area (Å²) in [6.07, 6.45) is 1.22. The smallest absolute Gasteiger partial charge is 0.308 e. The van der Waals surface area contributed by atoms with Gasteiger partial charge < -0.3 is 10.2 Å². The SMILES string of the molecule is CC(CO)CCCNS(=O)(=O)c1ccc(CC(=O)O)s1. The van der Waals surface area contributed by atoms with Gasteiger partial charge in [0.15, 0.2) is 0 Å². The molecule has 0 aliphatic heterocycles. The predicted molar refractivity (Wildman–Crippen MR) is 76.3 cm³/mol. The molecular weight excluding hydrogens is 302 g/mol. The van der Waals surface area contributed by atoms with Gasteiger partial charge >= 0.3 is 5.97 Å². The van der Waals surface area contributed by atoms with Gasteiger partial charge in [-0.3, -0.25) is 4.79 Å². The molecule has 20 heavy (non-hydrogen) atoms. The summed E-state index contributed by atoms with van der Waals surface area (Å²) in [5, 5.41) is 17.5. The Bertz CT molecular complexity index is 538. The Kier molecular flexibility index (Phi) is 6.60. The second-order valence-corrected chi connectivity index (χ2v) is 7.78. The van der Waals surface area contributed by atoms with Gasteiger partial charge in [-0.15, -0.1) is 11.3 Å². The van der Waals surface area contributed by atoms with Crippen molar-refractivity contribution in [2.45, 2.75) is 30.4 Å². The van der Waals surface area contributed by atoms with Gasteiger partial charge in [-0.05, 0) is 30.9 Å². The molecule has 0 saturated carbocycles. The van der Waals surface area contributed by atoms with E-state index in [-0.39, 0.29) is 23.2 Å². The van der Waals surface area contributed by atoms with Crippen LogP contribution in [0, 0.1) is 5.92 Å². The maximum absolute atomic E-state index is 11.9. The molecule has 1 aromatic rings. The zero-order valence-electron chi connectivity index (χ0n) is 11.2. The van der Waals surface area contributed by atoms with Gasteiger partial charge in [0.05, 0.1) is 6.42 Å². The number of sulfonamides is 1. The topological polar surface area (TPSA) is 104 Å². The Morgan fingerprint density at radius 2 is 2.15 bits per heavy atom. The molecule has 0 aliphatic carbocycles. The molecular formula is C12H19NO5S2. The number of carboxylic acids is 1. The second kappa shape index (κ2) is 7.72. The number of aliphatic hydroxyl groups is 1. The van der Waals surface area contributed by atoms with Gasteiger partial charge in [0.25, 0.3) is 0 Å². The van der Waals surface area contributed by atoms with Gasteiger partial charge in [0.1, 0.15) is 4.21 Å². The minimum atomic E-state index is -3.57. The Hall–Kier alpha value is -0.960. The van der Waals surface area contributed by atoms with E-state index in [1.807, 2.05) is 6.92 Å². The van der Waals surface area contributed by atoms with Crippen LogP contribution in [0.3, 0.4) is 0 Å². The maximum Gasteiger partial charge on any atom is 0.308 e. The number of aliphatic carboxylic acids is 1. The van der Waals surface area contributed by atoms with Crippen LogP contribution in [0.1, 0.15) is 24.6 Å². The maximum atomic E-state index is 11.9. The second-order valence-electron chi connectivity index (χ2n) is 4.62. The van der Waals surface area contributed by atoms with Crippen LogP contribution in [-0.2, 0) is 21.2 Å². The van der Waals surface area contributed by atoms with E-state index in [1.165, 1.54) is 12.1 Å². The highest BCUT2D eigenvalue weighted by Crippen LogP contribution is 2.21. The van der Waals surface area contributed by atoms with E-state index in [0.717, 1.165) is 17.8 Å². The first-order valence-electron chi connectivity index (χ1n) is 6.26. The number of carboxylic acid groups (broad SMARTS) is 1. The monoisotopic (exact) mass is 321 g/mol. The molecule has 0 saturated heterocycles. The van der Waals surface area contributed by atoms with Gasteiger partial charge in [0.2, 0.25) is 10.0 Å². The Morgan fingerprint density at radius 1 is 1.45 bits per heavy atom. The highest BCUT2D eigenvalue weighted by molar-refractivity contribution is 7.91. The van der Waals surface area contributed by atoms with Crippen LogP contribution >= 0.6 is 11.3 Å². The van der Waals surface area contributed by atoms with E-state index < -0.39 is 16.0 Å². The molecule has 0 radical (unpaired) electrons. The summed E-state index contributed by atoms with van der Waals surface area (Å²) in [6.45, 7) is 2.29. The fraction of sp³-hybridized carbons (Fsp3) is 0.583. The van der Waals surface area contributed by atoms with E-state index in [9.17, 15) is 13.2 Å². The minimum Gasteiger partial charge on any atom is -0.481 e. The van der Waals surface area contributed by atoms with Crippen molar-refractivity contribution in [3.05, 3.63) is 17.0 Å². The molecule has 1 aromatic heterocycles. The zero-order chi connectivity index (χ0) is 15.2. The molecule has 1 rings (SSSR count). The summed E-state index contributed by atoms with van der Waals surface area (Å²) < 4.78 is 26.5. The van der Waals surface area contributed by atoms with Crippen LogP contribution < -0.4 is 4.72 Å². The fourth-order valence-corrected chi connectivity index (χ4v) is 4.03. The van der Waals surface area contributed by atoms with E-state index in [1.54, 1.807) is 0 Å². The lowest BCUT2D eigenvalue weighted by molar-refractivity contribution is -0.136. The zero-order valence-corrected chi connectivity index (χ0v) is 12.8. The largest absolute Gasteiger partial charge is 0.481 e. The number of hydrogen-bond acceptors (Lipinski definition) is 5. The van der Waals surface area contributed by atoms with Gasteiger partial charge in [0, 0.05) is 18.0 Å². The van der Waals surface area contributed by atoms with Crippen molar-refractivity contribution in [1.29, 1.82) is 0 Å². The van der Waals surface area contributed by atoms with Crippen LogP contribution in [0.5, 0.6) is 0 Å². The fourth-order valence-electron chi connectivity index (χ4n) is 1.57. The molecule has 0 aromatic carbocycles. The molecule has 0 amide bonds. The summed E-state index contributed by atoms with van der Waals surface area (Å²) in [7, 11) is -3.57. The first-order valence-corrected chi connectivity index (χ1v) is 8.56. The van der Waals surface area contributed by atoms with Crippen LogP contribution in [-0.4, -0.2) is 37.8 Å². The summed E-state index contributed by atoms with van der Waals surface area (Å²) in [5.41, 5.74) is 0. The average molecular weight is 321 g/mol. The van der Waals surface area contributed by atoms with Crippen molar-refractivity contribution in [3.8, 4) is 0 Å². The Morgan fingerprint density at radius 3 is 2.75 bits per heavy atom. The summed E-state index contributed by atoms with van der Waals surface area (Å²) >= 11 is 0.966. The van der Waals surface area contributed by atoms with Crippen LogP contribution in [0.15, 0.2) is 16.3 Å². The quantitative estimate of drug-likeness (QED) is 0.590. The van der Waals surface area contributed by atoms with Gasteiger partial charge in [-0.1, -0.05) is 6.92 Å². The third-order valence-corrected chi connectivity index (χ3v) is 5.74. The molecule has 0 bridgehead atoms. The predicted octanol–water partition coefficient (Wildman–Crippen LogP) is 1.06. The molecule has 1 heterocycles. The van der Waals surface area contributed by atoms with Crippen molar-refractivity contribution in [1.82, 2.24) is 4.72 Å². The summed E-state index contributed by atoms with van der Waals surface area (Å²) in [6, 6.07) is 2.93. The highest BCUT2D eigenvalue weighted by atomic mass is 32.2. The van der Waals surface area contributed by atoms with Crippen molar-refractivity contribution in [2.24, 2.45) is 5.92 Å². The Labute approximate surface area is 122 Å². The standard InChI is InChI=1S/C12H19NO5S2/c1-9(8-14)3-2-6-13-20(17,18)12-5-4-10(19-12)7-11(15)16/h4-5,9,13-14H,2-3,6-8H2,1H3,(H,15,16). The van der Waals surface area contributed by atoms with Gasteiger partial charge in [-0.2, -0.15) is 0 Å². The molecule has 8 heteroatoms. The lowest BCUT2D eigenvalue weighted by Gasteiger charge is -2.08. The number of thiophene rings is 1. The van der Waals surface area contributed by atoms with Crippen molar-refractivity contribution < 1.29 is 23.4 Å². The number of nitrogens with one attached hydrogen (secondary N) is 1. The molecule has 6 nitrogen and oxygen atoms in total. The first kappa shape index (κ1) is 17.1. The lowest BCUT2D eigenvalue weighted by Crippen LogP contribution is -2.24. The minimum absolute atomic E-state index is 0.0935. The van der Waals surface area contributed by atoms with E-state index in [0.29, 0.717) is 17.8 Å². The van der Waals surface area contributed by atoms with Crippen molar-refractivity contribution in [3.63, 3.8) is 0 Å². The normalized spacial score (nSPS) is 13.3. The van der Waals surface area contributed by atoms with Crippen LogP contribution in [0.25, 0.3) is 0 Å². The van der Waals surface area contributed by atoms with Gasteiger partial charge in [-0.25, -0.2) is 13.1 Å². The molecule has 3 N–H and O–H groups in total. The van der Waals surface area contributed by atoms with Crippen molar-refractivity contribution in [2.75, 3.05) is 13.2 Å². The van der Waals surface area contributed by atoms with E-state index in [4.69, 9.17) is 10.2 Å². The van der Waals surface area contributed by atoms with E-state index in [2.05, 4.69) is 4.72 Å². The third kappa shape index (κ3) is 5.58. The van der Waals surface area contributed by atoms with E-state index >= 15 is 0 Å².